The van der Waals surface area contributed by atoms with Gasteiger partial charge in [0.1, 0.15) is 0 Å². The van der Waals surface area contributed by atoms with Gasteiger partial charge in [0.25, 0.3) is 5.56 Å². The van der Waals surface area contributed by atoms with Crippen molar-refractivity contribution in [3.8, 4) is 5.69 Å². The Hall–Kier alpha value is -2.52. The standard InChI is InChI=1S/C16H14N6OS2/c1-10-3-4-11(2)13(7-10)22-16(18-19-20-22)25-9-12-8-14(23)21-5-6-24-15(21)17-12/h3-8H,9H2,1-2H3. The maximum atomic E-state index is 12.1. The van der Waals surface area contributed by atoms with E-state index in [2.05, 4.69) is 32.6 Å². The van der Waals surface area contributed by atoms with Crippen molar-refractivity contribution in [3.63, 3.8) is 0 Å². The maximum Gasteiger partial charge on any atom is 0.258 e. The Morgan fingerprint density at radius 1 is 1.24 bits per heavy atom. The summed E-state index contributed by atoms with van der Waals surface area (Å²) in [5.41, 5.74) is 3.83. The van der Waals surface area contributed by atoms with Gasteiger partial charge < -0.3 is 0 Å². The Morgan fingerprint density at radius 3 is 3.00 bits per heavy atom. The largest absolute Gasteiger partial charge is 0.269 e. The minimum Gasteiger partial charge on any atom is -0.269 e. The molecule has 0 aliphatic carbocycles. The molecule has 1 aromatic carbocycles. The second-order valence-corrected chi connectivity index (χ2v) is 7.41. The predicted octanol–water partition coefficient (Wildman–Crippen LogP) is 2.64. The molecule has 0 saturated carbocycles. The van der Waals surface area contributed by atoms with Crippen LogP contribution >= 0.6 is 23.1 Å². The number of nitrogens with zero attached hydrogens (tertiary/aromatic N) is 6. The minimum absolute atomic E-state index is 0.0732. The SMILES string of the molecule is Cc1ccc(C)c(-n2nnnc2SCc2cc(=O)n3ccsc3n2)c1. The molecular weight excluding hydrogens is 356 g/mol. The molecule has 25 heavy (non-hydrogen) atoms. The summed E-state index contributed by atoms with van der Waals surface area (Å²) in [6, 6.07) is 7.72. The Labute approximate surface area is 151 Å². The zero-order chi connectivity index (χ0) is 17.4. The monoisotopic (exact) mass is 370 g/mol. The molecule has 0 unspecified atom stereocenters. The number of benzene rings is 1. The average Bonchev–Trinajstić information content (AvgIpc) is 3.24. The molecule has 0 bridgehead atoms. The van der Waals surface area contributed by atoms with Crippen molar-refractivity contribution in [2.75, 3.05) is 0 Å². The van der Waals surface area contributed by atoms with Gasteiger partial charge in [-0.05, 0) is 41.5 Å². The fourth-order valence-electron chi connectivity index (χ4n) is 2.47. The first-order valence-corrected chi connectivity index (χ1v) is 9.43. The van der Waals surface area contributed by atoms with Crippen LogP contribution in [0.3, 0.4) is 0 Å². The molecule has 7 nitrogen and oxygen atoms in total. The lowest BCUT2D eigenvalue weighted by Gasteiger charge is -2.08. The molecule has 9 heteroatoms. The van der Waals surface area contributed by atoms with Crippen LogP contribution in [0.25, 0.3) is 10.6 Å². The molecule has 126 valence electrons. The maximum absolute atomic E-state index is 12.1. The summed E-state index contributed by atoms with van der Waals surface area (Å²) < 4.78 is 3.27. The highest BCUT2D eigenvalue weighted by atomic mass is 32.2. The van der Waals surface area contributed by atoms with Crippen molar-refractivity contribution >= 4 is 28.1 Å². The summed E-state index contributed by atoms with van der Waals surface area (Å²) in [4.78, 5) is 17.3. The third-order valence-electron chi connectivity index (χ3n) is 3.74. The lowest BCUT2D eigenvalue weighted by molar-refractivity contribution is 0.751. The van der Waals surface area contributed by atoms with E-state index in [0.29, 0.717) is 21.6 Å². The van der Waals surface area contributed by atoms with Crippen LogP contribution in [0.1, 0.15) is 16.8 Å². The molecule has 0 saturated heterocycles. The molecule has 3 aromatic heterocycles. The Kier molecular flexibility index (Phi) is 4.10. The molecule has 4 aromatic rings. The number of tetrazole rings is 1. The van der Waals surface area contributed by atoms with Crippen LogP contribution in [-0.4, -0.2) is 29.6 Å². The number of thiazole rings is 1. The fourth-order valence-corrected chi connectivity index (χ4v) is 3.98. The highest BCUT2D eigenvalue weighted by Gasteiger charge is 2.13. The van der Waals surface area contributed by atoms with Gasteiger partial charge in [0.2, 0.25) is 5.16 Å². The van der Waals surface area contributed by atoms with Crippen LogP contribution in [0.5, 0.6) is 0 Å². The van der Waals surface area contributed by atoms with Gasteiger partial charge in [0.15, 0.2) is 4.96 Å². The van der Waals surface area contributed by atoms with Crippen molar-refractivity contribution in [2.45, 2.75) is 24.8 Å². The highest BCUT2D eigenvalue weighted by Crippen LogP contribution is 2.24. The molecular formula is C16H14N6OS2. The summed E-state index contributed by atoms with van der Waals surface area (Å²) in [6.07, 6.45) is 1.73. The second kappa shape index (κ2) is 6.41. The molecule has 4 rings (SSSR count). The minimum atomic E-state index is -0.0732. The van der Waals surface area contributed by atoms with E-state index < -0.39 is 0 Å². The molecule has 0 amide bonds. The number of thioether (sulfide) groups is 1. The zero-order valence-electron chi connectivity index (χ0n) is 13.6. The van der Waals surface area contributed by atoms with Gasteiger partial charge in [0.05, 0.1) is 11.4 Å². The van der Waals surface area contributed by atoms with E-state index in [-0.39, 0.29) is 5.56 Å². The van der Waals surface area contributed by atoms with E-state index in [0.717, 1.165) is 16.8 Å². The number of hydrogen-bond acceptors (Lipinski definition) is 7. The van der Waals surface area contributed by atoms with Crippen molar-refractivity contribution in [3.05, 3.63) is 63.0 Å². The van der Waals surface area contributed by atoms with Gasteiger partial charge >= 0.3 is 0 Å². The molecule has 3 heterocycles. The number of aryl methyl sites for hydroxylation is 2. The van der Waals surface area contributed by atoms with Crippen molar-refractivity contribution in [1.29, 1.82) is 0 Å². The van der Waals surface area contributed by atoms with Gasteiger partial charge in [-0.3, -0.25) is 9.20 Å². The number of fused-ring (bicyclic) bond motifs is 1. The summed E-state index contributed by atoms with van der Waals surface area (Å²) in [5.74, 6) is 0.523. The van der Waals surface area contributed by atoms with Crippen LogP contribution in [0, 0.1) is 13.8 Å². The first-order valence-electron chi connectivity index (χ1n) is 7.56. The number of aromatic nitrogens is 6. The van der Waals surface area contributed by atoms with Crippen molar-refractivity contribution in [2.24, 2.45) is 0 Å². The van der Waals surface area contributed by atoms with E-state index >= 15 is 0 Å². The number of hydrogen-bond donors (Lipinski definition) is 0. The van der Waals surface area contributed by atoms with E-state index in [1.807, 2.05) is 25.3 Å². The number of rotatable bonds is 4. The van der Waals surface area contributed by atoms with E-state index in [1.54, 1.807) is 21.3 Å². The summed E-state index contributed by atoms with van der Waals surface area (Å²) in [5, 5.41) is 14.5. The molecule has 0 N–H and O–H groups in total. The van der Waals surface area contributed by atoms with Crippen LogP contribution in [0.4, 0.5) is 0 Å². The van der Waals surface area contributed by atoms with Crippen LogP contribution < -0.4 is 5.56 Å². The van der Waals surface area contributed by atoms with Gasteiger partial charge in [-0.15, -0.1) is 16.4 Å². The molecule has 0 aliphatic rings. The summed E-state index contributed by atoms with van der Waals surface area (Å²) in [6.45, 7) is 4.06. The van der Waals surface area contributed by atoms with Gasteiger partial charge in [-0.2, -0.15) is 4.68 Å². The summed E-state index contributed by atoms with van der Waals surface area (Å²) >= 11 is 2.90. The average molecular weight is 370 g/mol. The van der Waals surface area contributed by atoms with E-state index in [4.69, 9.17) is 0 Å². The first-order chi connectivity index (χ1) is 12.1. The van der Waals surface area contributed by atoms with Crippen LogP contribution in [0.2, 0.25) is 0 Å². The van der Waals surface area contributed by atoms with Gasteiger partial charge in [-0.25, -0.2) is 4.98 Å². The molecule has 0 fully saturated rings. The van der Waals surface area contributed by atoms with Gasteiger partial charge in [0, 0.05) is 23.4 Å². The quantitative estimate of drug-likeness (QED) is 0.514. The van der Waals surface area contributed by atoms with Crippen LogP contribution in [0.15, 0.2) is 45.8 Å². The zero-order valence-corrected chi connectivity index (χ0v) is 15.2. The second-order valence-electron chi connectivity index (χ2n) is 5.59. The Bertz CT molecular complexity index is 1110. The lowest BCUT2D eigenvalue weighted by Crippen LogP contribution is -2.12. The third-order valence-corrected chi connectivity index (χ3v) is 5.45. The van der Waals surface area contributed by atoms with Crippen molar-refractivity contribution in [1.82, 2.24) is 29.6 Å². The molecule has 0 spiro atoms. The fraction of sp³-hybridized carbons (Fsp3) is 0.188. The molecule has 0 radical (unpaired) electrons. The Morgan fingerprint density at radius 2 is 2.12 bits per heavy atom. The topological polar surface area (TPSA) is 78.0 Å². The van der Waals surface area contributed by atoms with Crippen LogP contribution in [-0.2, 0) is 5.75 Å². The van der Waals surface area contributed by atoms with Crippen molar-refractivity contribution < 1.29 is 0 Å². The molecule has 0 aliphatic heterocycles. The predicted molar refractivity (Wildman–Crippen MR) is 97.5 cm³/mol. The lowest BCUT2D eigenvalue weighted by atomic mass is 10.1. The van der Waals surface area contributed by atoms with E-state index in [1.165, 1.54) is 23.1 Å². The third kappa shape index (κ3) is 3.08. The smallest absolute Gasteiger partial charge is 0.258 e. The summed E-state index contributed by atoms with van der Waals surface area (Å²) in [7, 11) is 0. The normalized spacial score (nSPS) is 11.3. The first kappa shape index (κ1) is 16.0. The van der Waals surface area contributed by atoms with E-state index in [9.17, 15) is 4.79 Å². The molecule has 0 atom stereocenters. The van der Waals surface area contributed by atoms with Gasteiger partial charge in [-0.1, -0.05) is 23.9 Å². The highest BCUT2D eigenvalue weighted by molar-refractivity contribution is 7.98. The Balaban J connectivity index is 1.62.